The Morgan fingerprint density at radius 3 is 2.70 bits per heavy atom. The molecule has 0 saturated carbocycles. The zero-order valence-corrected chi connectivity index (χ0v) is 13.1. The van der Waals surface area contributed by atoms with Crippen LogP contribution in [-0.4, -0.2) is 49.3 Å². The van der Waals surface area contributed by atoms with Crippen LogP contribution in [0.1, 0.15) is 12.0 Å². The van der Waals surface area contributed by atoms with Gasteiger partial charge in [0.2, 0.25) is 5.91 Å². The Morgan fingerprint density at radius 2 is 2.10 bits per heavy atom. The number of benzene rings is 1. The summed E-state index contributed by atoms with van der Waals surface area (Å²) in [5, 5.41) is 10.6. The number of hydrogen-bond acceptors (Lipinski definition) is 3. The first kappa shape index (κ1) is 17.2. The molecule has 20 heavy (non-hydrogen) atoms. The molecule has 0 aromatic heterocycles. The summed E-state index contributed by atoms with van der Waals surface area (Å²) < 4.78 is 4.82. The normalized spacial score (nSPS) is 12.2. The van der Waals surface area contributed by atoms with Gasteiger partial charge in [-0.15, -0.1) is 0 Å². The summed E-state index contributed by atoms with van der Waals surface area (Å²) in [5.74, 6) is -0.0359. The first-order valence-electron chi connectivity index (χ1n) is 6.29. The maximum atomic E-state index is 11.9. The molecular formula is C14H19Cl2NO3. The third kappa shape index (κ3) is 5.67. The van der Waals surface area contributed by atoms with Gasteiger partial charge in [-0.3, -0.25) is 4.79 Å². The quantitative estimate of drug-likeness (QED) is 0.839. The molecule has 0 spiro atoms. The van der Waals surface area contributed by atoms with E-state index in [1.165, 1.54) is 12.0 Å². The summed E-state index contributed by atoms with van der Waals surface area (Å²) >= 11 is 11.8. The number of carbonyl (C=O) groups excluding carboxylic acids is 1. The van der Waals surface area contributed by atoms with Crippen molar-refractivity contribution in [1.29, 1.82) is 0 Å². The van der Waals surface area contributed by atoms with E-state index in [1.807, 2.05) is 6.07 Å². The number of ether oxygens (including phenoxy) is 1. The number of hydrogen-bond donors (Lipinski definition) is 1. The predicted molar refractivity (Wildman–Crippen MR) is 80.3 cm³/mol. The topological polar surface area (TPSA) is 49.8 Å². The van der Waals surface area contributed by atoms with Crippen LogP contribution >= 0.6 is 23.2 Å². The van der Waals surface area contributed by atoms with Crippen molar-refractivity contribution in [3.05, 3.63) is 33.8 Å². The van der Waals surface area contributed by atoms with Gasteiger partial charge in [0.25, 0.3) is 0 Å². The molecule has 1 N–H and O–H groups in total. The molecule has 1 amide bonds. The molecule has 1 atom stereocenters. The minimum Gasteiger partial charge on any atom is -0.389 e. The first-order valence-corrected chi connectivity index (χ1v) is 7.04. The van der Waals surface area contributed by atoms with Crippen LogP contribution in [0.3, 0.4) is 0 Å². The summed E-state index contributed by atoms with van der Waals surface area (Å²) in [5.41, 5.74) is 0.957. The predicted octanol–water partition coefficient (Wildman–Crippen LogP) is 2.39. The monoisotopic (exact) mass is 319 g/mol. The van der Waals surface area contributed by atoms with Crippen LogP contribution in [0.25, 0.3) is 0 Å². The van der Waals surface area contributed by atoms with Crippen molar-refractivity contribution < 1.29 is 14.6 Å². The average Bonchev–Trinajstić information content (AvgIpc) is 2.39. The van der Waals surface area contributed by atoms with Gasteiger partial charge >= 0.3 is 0 Å². The second-order valence-corrected chi connectivity index (χ2v) is 5.45. The van der Waals surface area contributed by atoms with Crippen LogP contribution in [-0.2, 0) is 16.0 Å². The second kappa shape index (κ2) is 8.47. The van der Waals surface area contributed by atoms with Crippen LogP contribution in [0.5, 0.6) is 0 Å². The van der Waals surface area contributed by atoms with Gasteiger partial charge in [0.15, 0.2) is 0 Å². The highest BCUT2D eigenvalue weighted by atomic mass is 35.5. The summed E-state index contributed by atoms with van der Waals surface area (Å²) in [7, 11) is 3.17. The molecule has 0 aliphatic heterocycles. The number of aliphatic hydroxyl groups is 1. The second-order valence-electron chi connectivity index (χ2n) is 4.63. The molecule has 0 saturated heterocycles. The highest BCUT2D eigenvalue weighted by Gasteiger charge is 2.13. The number of aliphatic hydroxyl groups excluding tert-OH is 1. The minimum absolute atomic E-state index is 0.0359. The smallest absolute Gasteiger partial charge is 0.222 e. The van der Waals surface area contributed by atoms with Crippen molar-refractivity contribution in [2.75, 3.05) is 27.3 Å². The van der Waals surface area contributed by atoms with Gasteiger partial charge in [0, 0.05) is 27.1 Å². The number of rotatable bonds is 7. The molecule has 0 fully saturated rings. The Labute approximate surface area is 129 Å². The van der Waals surface area contributed by atoms with Crippen molar-refractivity contribution in [2.24, 2.45) is 0 Å². The van der Waals surface area contributed by atoms with Crippen molar-refractivity contribution >= 4 is 29.1 Å². The van der Waals surface area contributed by atoms with Crippen LogP contribution in [0.2, 0.25) is 10.0 Å². The number of methoxy groups -OCH3 is 1. The molecule has 1 unspecified atom stereocenters. The first-order chi connectivity index (χ1) is 9.43. The van der Waals surface area contributed by atoms with Crippen molar-refractivity contribution in [2.45, 2.75) is 18.9 Å². The summed E-state index contributed by atoms with van der Waals surface area (Å²) in [4.78, 5) is 13.4. The van der Waals surface area contributed by atoms with Crippen LogP contribution in [0.4, 0.5) is 0 Å². The van der Waals surface area contributed by atoms with Crippen LogP contribution < -0.4 is 0 Å². The number of nitrogens with zero attached hydrogens (tertiary/aromatic N) is 1. The Hall–Kier alpha value is -0.810. The molecular weight excluding hydrogens is 301 g/mol. The average molecular weight is 320 g/mol. The maximum absolute atomic E-state index is 11.9. The zero-order valence-electron chi connectivity index (χ0n) is 11.6. The standard InChI is InChI=1S/C14H19Cl2NO3/c1-17(8-11(18)9-20-2)14(19)6-4-10-3-5-12(15)13(16)7-10/h3,5,7,11,18H,4,6,8-9H2,1-2H3. The Bertz CT molecular complexity index is 454. The zero-order chi connectivity index (χ0) is 15.1. The van der Waals surface area contributed by atoms with Gasteiger partial charge in [0.1, 0.15) is 0 Å². The van der Waals surface area contributed by atoms with Crippen LogP contribution in [0.15, 0.2) is 18.2 Å². The Morgan fingerprint density at radius 1 is 1.40 bits per heavy atom. The van der Waals surface area contributed by atoms with E-state index in [-0.39, 0.29) is 19.1 Å². The lowest BCUT2D eigenvalue weighted by Gasteiger charge is -2.20. The summed E-state index contributed by atoms with van der Waals surface area (Å²) in [6, 6.07) is 5.33. The number of amides is 1. The fourth-order valence-corrected chi connectivity index (χ4v) is 2.12. The van der Waals surface area contributed by atoms with Gasteiger partial charge in [-0.25, -0.2) is 0 Å². The van der Waals surface area contributed by atoms with E-state index in [0.717, 1.165) is 5.56 Å². The Kier molecular flexibility index (Phi) is 7.30. The molecule has 0 aliphatic rings. The van der Waals surface area contributed by atoms with Gasteiger partial charge in [-0.05, 0) is 24.1 Å². The van der Waals surface area contributed by atoms with Gasteiger partial charge in [0.05, 0.1) is 22.8 Å². The number of halogens is 2. The van der Waals surface area contributed by atoms with E-state index in [4.69, 9.17) is 27.9 Å². The molecule has 112 valence electrons. The lowest BCUT2D eigenvalue weighted by atomic mass is 10.1. The number of aryl methyl sites for hydroxylation is 1. The molecule has 1 aromatic carbocycles. The maximum Gasteiger partial charge on any atom is 0.222 e. The van der Waals surface area contributed by atoms with E-state index >= 15 is 0 Å². The van der Waals surface area contributed by atoms with E-state index in [0.29, 0.717) is 22.9 Å². The van der Waals surface area contributed by atoms with E-state index < -0.39 is 6.10 Å². The van der Waals surface area contributed by atoms with Crippen molar-refractivity contribution in [1.82, 2.24) is 4.90 Å². The van der Waals surface area contributed by atoms with Crippen LogP contribution in [0, 0.1) is 0 Å². The van der Waals surface area contributed by atoms with Gasteiger partial charge < -0.3 is 14.7 Å². The summed E-state index contributed by atoms with van der Waals surface area (Å²) in [6.45, 7) is 0.471. The lowest BCUT2D eigenvalue weighted by molar-refractivity contribution is -0.131. The molecule has 0 aliphatic carbocycles. The number of likely N-dealkylation sites (N-methyl/N-ethyl adjacent to an activating group) is 1. The molecule has 6 heteroatoms. The Balaban J connectivity index is 2.44. The van der Waals surface area contributed by atoms with Gasteiger partial charge in [-0.1, -0.05) is 29.3 Å². The largest absolute Gasteiger partial charge is 0.389 e. The highest BCUT2D eigenvalue weighted by Crippen LogP contribution is 2.23. The fraction of sp³-hybridized carbons (Fsp3) is 0.500. The SMILES string of the molecule is COCC(O)CN(C)C(=O)CCc1ccc(Cl)c(Cl)c1. The van der Waals surface area contributed by atoms with Crippen molar-refractivity contribution in [3.8, 4) is 0 Å². The van der Waals surface area contributed by atoms with E-state index in [1.54, 1.807) is 19.2 Å². The molecule has 1 aromatic rings. The molecule has 0 heterocycles. The fourth-order valence-electron chi connectivity index (χ4n) is 1.80. The number of carbonyl (C=O) groups is 1. The third-order valence-corrected chi connectivity index (χ3v) is 3.62. The van der Waals surface area contributed by atoms with Gasteiger partial charge in [-0.2, -0.15) is 0 Å². The van der Waals surface area contributed by atoms with Crippen molar-refractivity contribution in [3.63, 3.8) is 0 Å². The molecule has 1 rings (SSSR count). The molecule has 0 radical (unpaired) electrons. The highest BCUT2D eigenvalue weighted by molar-refractivity contribution is 6.42. The molecule has 4 nitrogen and oxygen atoms in total. The lowest BCUT2D eigenvalue weighted by Crippen LogP contribution is -2.36. The minimum atomic E-state index is -0.668. The van der Waals surface area contributed by atoms with E-state index in [9.17, 15) is 9.90 Å². The van der Waals surface area contributed by atoms with E-state index in [2.05, 4.69) is 0 Å². The third-order valence-electron chi connectivity index (χ3n) is 2.88. The summed E-state index contributed by atoms with van der Waals surface area (Å²) in [6.07, 6.45) is 0.271. The molecule has 0 bridgehead atoms.